The summed E-state index contributed by atoms with van der Waals surface area (Å²) in [6, 6.07) is 13.6. The van der Waals surface area contributed by atoms with Gasteiger partial charge in [0.1, 0.15) is 23.9 Å². The second-order valence-electron chi connectivity index (χ2n) is 15.1. The maximum absolute atomic E-state index is 14.7. The van der Waals surface area contributed by atoms with Gasteiger partial charge in [-0.15, -0.1) is 0 Å². The number of halogens is 4. The number of ether oxygens (including phenoxy) is 2. The molecule has 1 saturated carbocycles. The van der Waals surface area contributed by atoms with Gasteiger partial charge in [-0.3, -0.25) is 4.57 Å². The van der Waals surface area contributed by atoms with Crippen molar-refractivity contribution in [1.29, 1.82) is 0 Å². The van der Waals surface area contributed by atoms with Crippen LogP contribution in [0.2, 0.25) is 25.7 Å². The topological polar surface area (TPSA) is 67.7 Å². The molecule has 1 saturated heterocycles. The summed E-state index contributed by atoms with van der Waals surface area (Å²) in [7, 11) is 2.32. The second kappa shape index (κ2) is 14.6. The van der Waals surface area contributed by atoms with E-state index in [9.17, 15) is 17.6 Å². The molecule has 2 aromatic heterocycles. The van der Waals surface area contributed by atoms with Crippen molar-refractivity contribution >= 4 is 30.6 Å². The van der Waals surface area contributed by atoms with Gasteiger partial charge in [0.15, 0.2) is 5.65 Å². The van der Waals surface area contributed by atoms with Gasteiger partial charge in [0.25, 0.3) is 0 Å². The van der Waals surface area contributed by atoms with Crippen LogP contribution >= 0.6 is 0 Å². The molecule has 50 heavy (non-hydrogen) atoms. The molecular formula is C37H48F4N6O2Si. The average molecular weight is 713 g/mol. The van der Waals surface area contributed by atoms with Crippen LogP contribution in [0.5, 0.6) is 0 Å². The highest BCUT2D eigenvalue weighted by molar-refractivity contribution is 6.76. The summed E-state index contributed by atoms with van der Waals surface area (Å²) in [6.07, 6.45) is -1.59. The van der Waals surface area contributed by atoms with E-state index < -0.39 is 25.6 Å². The maximum atomic E-state index is 14.7. The molecule has 8 nitrogen and oxygen atoms in total. The lowest BCUT2D eigenvalue weighted by atomic mass is 9.69. The third-order valence-electron chi connectivity index (χ3n) is 9.89. The van der Waals surface area contributed by atoms with Crippen LogP contribution in [0.15, 0.2) is 48.5 Å². The van der Waals surface area contributed by atoms with Crippen LogP contribution in [0.4, 0.5) is 28.9 Å². The van der Waals surface area contributed by atoms with Crippen LogP contribution in [0.25, 0.3) is 33.8 Å². The number of hydrogen-bond donors (Lipinski definition) is 1. The van der Waals surface area contributed by atoms with Crippen LogP contribution in [-0.2, 0) is 22.4 Å². The number of hydrogen-bond acceptors (Lipinski definition) is 7. The van der Waals surface area contributed by atoms with E-state index in [1.807, 2.05) is 23.7 Å². The van der Waals surface area contributed by atoms with Crippen LogP contribution in [0, 0.1) is 11.2 Å². The van der Waals surface area contributed by atoms with Gasteiger partial charge >= 0.3 is 6.18 Å². The monoisotopic (exact) mass is 712 g/mol. The SMILES string of the molecule is COCC1(CN(C)c2cc(-c3cc(F)cc(C(F)(F)F)c3)nc3nc(-c4ccc(N5CCNCC5)cc4)n(COCC[Si](C)(C)C)c23)CCC1. The third-order valence-corrected chi connectivity index (χ3v) is 11.6. The van der Waals surface area contributed by atoms with E-state index in [-0.39, 0.29) is 23.4 Å². The maximum Gasteiger partial charge on any atom is 0.416 e. The Kier molecular flexibility index (Phi) is 10.6. The van der Waals surface area contributed by atoms with E-state index in [1.165, 1.54) is 0 Å². The molecule has 0 spiro atoms. The summed E-state index contributed by atoms with van der Waals surface area (Å²) in [5.41, 5.74) is 2.92. The van der Waals surface area contributed by atoms with Gasteiger partial charge < -0.3 is 24.6 Å². The first-order valence-corrected chi connectivity index (χ1v) is 21.1. The standard InChI is InChI=1S/C37H48F4N6O2Si/c1-45(23-36(24-48-2)11-6-12-36)32-22-31(27-19-28(37(39,40)41)21-29(38)20-27)43-34-33(32)47(25-49-17-18-50(3,4)5)35(44-34)26-7-9-30(10-8-26)46-15-13-42-14-16-46/h7-10,19-22,42H,6,11-18,23-25H2,1-5H3. The fourth-order valence-electron chi connectivity index (χ4n) is 7.00. The summed E-state index contributed by atoms with van der Waals surface area (Å²) in [6.45, 7) is 12.7. The Labute approximate surface area is 292 Å². The van der Waals surface area contributed by atoms with Crippen molar-refractivity contribution < 1.29 is 27.0 Å². The van der Waals surface area contributed by atoms with Gasteiger partial charge in [0, 0.05) is 83.8 Å². The average Bonchev–Trinajstić information content (AvgIpc) is 3.43. The summed E-state index contributed by atoms with van der Waals surface area (Å²) in [5.74, 6) is -0.337. The normalized spacial score (nSPS) is 16.5. The molecule has 4 aromatic rings. The van der Waals surface area contributed by atoms with Crippen molar-refractivity contribution in [3.63, 3.8) is 0 Å². The van der Waals surface area contributed by atoms with Crippen molar-refractivity contribution in [1.82, 2.24) is 19.9 Å². The minimum atomic E-state index is -4.71. The van der Waals surface area contributed by atoms with E-state index in [4.69, 9.17) is 19.4 Å². The van der Waals surface area contributed by atoms with Crippen molar-refractivity contribution in [3.8, 4) is 22.6 Å². The van der Waals surface area contributed by atoms with Crippen molar-refractivity contribution in [2.45, 2.75) is 57.9 Å². The van der Waals surface area contributed by atoms with E-state index in [1.54, 1.807) is 13.2 Å². The number of imidazole rings is 1. The molecule has 0 unspecified atom stereocenters. The predicted molar refractivity (Wildman–Crippen MR) is 194 cm³/mol. The number of pyridine rings is 1. The van der Waals surface area contributed by atoms with Gasteiger partial charge in [-0.2, -0.15) is 13.2 Å². The third kappa shape index (κ3) is 8.16. The largest absolute Gasteiger partial charge is 0.416 e. The Morgan fingerprint density at radius 1 is 0.980 bits per heavy atom. The molecule has 1 aliphatic carbocycles. The number of benzene rings is 2. The molecular weight excluding hydrogens is 665 g/mol. The van der Waals surface area contributed by atoms with Crippen molar-refractivity contribution in [2.24, 2.45) is 5.41 Å². The fraction of sp³-hybridized carbons (Fsp3) is 0.514. The molecule has 270 valence electrons. The lowest BCUT2D eigenvalue weighted by Gasteiger charge is -2.44. The molecule has 0 bridgehead atoms. The summed E-state index contributed by atoms with van der Waals surface area (Å²) in [5, 5.41) is 3.39. The number of methoxy groups -OCH3 is 1. The molecule has 2 aromatic carbocycles. The van der Waals surface area contributed by atoms with Crippen LogP contribution in [-0.4, -0.2) is 82.7 Å². The summed E-state index contributed by atoms with van der Waals surface area (Å²) >= 11 is 0. The van der Waals surface area contributed by atoms with Gasteiger partial charge in [-0.1, -0.05) is 26.1 Å². The number of nitrogens with zero attached hydrogens (tertiary/aromatic N) is 5. The summed E-state index contributed by atoms with van der Waals surface area (Å²) in [4.78, 5) is 14.3. The van der Waals surface area contributed by atoms with Crippen molar-refractivity contribution in [2.75, 3.05) is 69.9 Å². The van der Waals surface area contributed by atoms with Crippen molar-refractivity contribution in [3.05, 3.63) is 59.9 Å². The molecule has 0 radical (unpaired) electrons. The number of fused-ring (bicyclic) bond motifs is 1. The highest BCUT2D eigenvalue weighted by Crippen LogP contribution is 2.44. The molecule has 13 heteroatoms. The molecule has 2 aliphatic rings. The molecule has 6 rings (SSSR count). The Morgan fingerprint density at radius 2 is 1.70 bits per heavy atom. The Morgan fingerprint density at radius 3 is 2.32 bits per heavy atom. The van der Waals surface area contributed by atoms with Crippen LogP contribution in [0.1, 0.15) is 24.8 Å². The quantitative estimate of drug-likeness (QED) is 0.0859. The first kappa shape index (κ1) is 36.3. The number of alkyl halides is 3. The number of aromatic nitrogens is 3. The molecule has 1 N–H and O–H groups in total. The van der Waals surface area contributed by atoms with E-state index >= 15 is 0 Å². The number of piperazine rings is 1. The van der Waals surface area contributed by atoms with Gasteiger partial charge in [0.2, 0.25) is 0 Å². The Balaban J connectivity index is 1.50. The molecule has 1 aliphatic heterocycles. The van der Waals surface area contributed by atoms with Crippen LogP contribution < -0.4 is 15.1 Å². The first-order chi connectivity index (χ1) is 23.7. The van der Waals surface area contributed by atoms with Crippen LogP contribution in [0.3, 0.4) is 0 Å². The second-order valence-corrected chi connectivity index (χ2v) is 20.7. The summed E-state index contributed by atoms with van der Waals surface area (Å²) < 4.78 is 70.1. The van der Waals surface area contributed by atoms with Gasteiger partial charge in [0.05, 0.1) is 23.6 Å². The van der Waals surface area contributed by atoms with E-state index in [2.05, 4.69) is 46.9 Å². The molecule has 3 heterocycles. The highest BCUT2D eigenvalue weighted by Gasteiger charge is 2.39. The highest BCUT2D eigenvalue weighted by atomic mass is 28.3. The smallest absolute Gasteiger partial charge is 0.384 e. The number of nitrogens with one attached hydrogen (secondary N) is 1. The minimum Gasteiger partial charge on any atom is -0.384 e. The number of anilines is 2. The van der Waals surface area contributed by atoms with Gasteiger partial charge in [-0.25, -0.2) is 14.4 Å². The zero-order valence-electron chi connectivity index (χ0n) is 29.7. The first-order valence-electron chi connectivity index (χ1n) is 17.4. The zero-order chi connectivity index (χ0) is 35.7. The molecule has 2 fully saturated rings. The minimum absolute atomic E-state index is 0.0342. The zero-order valence-corrected chi connectivity index (χ0v) is 30.7. The predicted octanol–water partition coefficient (Wildman–Crippen LogP) is 7.90. The fourth-order valence-corrected chi connectivity index (χ4v) is 7.76. The van der Waals surface area contributed by atoms with E-state index in [0.717, 1.165) is 80.6 Å². The van der Waals surface area contributed by atoms with Gasteiger partial charge in [-0.05, 0) is 67.4 Å². The molecule has 0 atom stereocenters. The Hall–Kier alpha value is -3.52. The number of rotatable bonds is 13. The Bertz CT molecular complexity index is 1780. The van der Waals surface area contributed by atoms with E-state index in [0.29, 0.717) is 42.8 Å². The lowest BCUT2D eigenvalue weighted by Crippen LogP contribution is -2.44. The lowest BCUT2D eigenvalue weighted by molar-refractivity contribution is -0.137. The molecule has 0 amide bonds.